The third-order valence-corrected chi connectivity index (χ3v) is 2.58. The van der Waals surface area contributed by atoms with Gasteiger partial charge in [-0.1, -0.05) is 0 Å². The number of phenolic OH excluding ortho intramolecular Hbond substituents is 2. The van der Waals surface area contributed by atoms with Crippen LogP contribution in [-0.4, -0.2) is 16.1 Å². The molecular formula is C13H7F4NO3. The van der Waals surface area contributed by atoms with Gasteiger partial charge < -0.3 is 15.5 Å². The predicted molar refractivity (Wildman–Crippen MR) is 64.0 cm³/mol. The van der Waals surface area contributed by atoms with Crippen LogP contribution in [0.4, 0.5) is 23.2 Å². The van der Waals surface area contributed by atoms with Crippen LogP contribution in [0.25, 0.3) is 0 Å². The SMILES string of the molecule is O=C(Nc1c(F)c(F)cc(F)c1F)c1cc(O)ccc1O. The zero-order valence-electron chi connectivity index (χ0n) is 10.1. The Balaban J connectivity index is 2.43. The average Bonchev–Trinajstić information content (AvgIpc) is 2.43. The minimum absolute atomic E-state index is 0.00780. The lowest BCUT2D eigenvalue weighted by molar-refractivity contribution is 0.102. The first-order chi connectivity index (χ1) is 9.81. The van der Waals surface area contributed by atoms with E-state index in [2.05, 4.69) is 0 Å². The quantitative estimate of drug-likeness (QED) is 0.454. The molecule has 21 heavy (non-hydrogen) atoms. The van der Waals surface area contributed by atoms with Crippen molar-refractivity contribution in [1.29, 1.82) is 0 Å². The van der Waals surface area contributed by atoms with Crippen molar-refractivity contribution in [1.82, 2.24) is 0 Å². The van der Waals surface area contributed by atoms with Gasteiger partial charge in [-0.15, -0.1) is 0 Å². The Labute approximate surface area is 115 Å². The molecule has 0 atom stereocenters. The summed E-state index contributed by atoms with van der Waals surface area (Å²) in [4.78, 5) is 11.8. The van der Waals surface area contributed by atoms with Crippen LogP contribution in [0.2, 0.25) is 0 Å². The molecule has 2 aromatic carbocycles. The molecule has 0 heterocycles. The van der Waals surface area contributed by atoms with Gasteiger partial charge in [0.15, 0.2) is 23.3 Å². The summed E-state index contributed by atoms with van der Waals surface area (Å²) in [7, 11) is 0. The predicted octanol–water partition coefficient (Wildman–Crippen LogP) is 2.91. The molecule has 0 aliphatic carbocycles. The van der Waals surface area contributed by atoms with Crippen molar-refractivity contribution < 1.29 is 32.6 Å². The first-order valence-corrected chi connectivity index (χ1v) is 5.47. The van der Waals surface area contributed by atoms with Crippen molar-refractivity contribution in [2.24, 2.45) is 0 Å². The molecule has 0 unspecified atom stereocenters. The number of hydrogen-bond acceptors (Lipinski definition) is 3. The van der Waals surface area contributed by atoms with E-state index in [9.17, 15) is 32.6 Å². The molecule has 0 spiro atoms. The summed E-state index contributed by atoms with van der Waals surface area (Å²) in [5.41, 5.74) is -1.86. The van der Waals surface area contributed by atoms with E-state index < -0.39 is 51.9 Å². The minimum Gasteiger partial charge on any atom is -0.508 e. The highest BCUT2D eigenvalue weighted by atomic mass is 19.2. The van der Waals surface area contributed by atoms with Crippen molar-refractivity contribution >= 4 is 11.6 Å². The van der Waals surface area contributed by atoms with E-state index in [1.165, 1.54) is 0 Å². The summed E-state index contributed by atoms with van der Waals surface area (Å²) >= 11 is 0. The number of carbonyl (C=O) groups is 1. The fourth-order valence-electron chi connectivity index (χ4n) is 1.57. The fraction of sp³-hybridized carbons (Fsp3) is 0. The number of hydrogen-bond donors (Lipinski definition) is 3. The van der Waals surface area contributed by atoms with Crippen LogP contribution < -0.4 is 5.32 Å². The molecule has 4 nitrogen and oxygen atoms in total. The molecule has 2 aromatic rings. The van der Waals surface area contributed by atoms with E-state index in [1.807, 2.05) is 0 Å². The number of phenols is 2. The third kappa shape index (κ3) is 2.73. The Bertz CT molecular complexity index is 708. The van der Waals surface area contributed by atoms with Crippen LogP contribution in [0.15, 0.2) is 24.3 Å². The average molecular weight is 301 g/mol. The van der Waals surface area contributed by atoms with Crippen molar-refractivity contribution in [3.8, 4) is 11.5 Å². The second-order valence-corrected chi connectivity index (χ2v) is 4.00. The van der Waals surface area contributed by atoms with Crippen LogP contribution in [-0.2, 0) is 0 Å². The summed E-state index contributed by atoms with van der Waals surface area (Å²) in [5.74, 6) is -9.21. The number of benzene rings is 2. The molecule has 0 fully saturated rings. The van der Waals surface area contributed by atoms with Crippen molar-refractivity contribution in [2.45, 2.75) is 0 Å². The fourth-order valence-corrected chi connectivity index (χ4v) is 1.57. The van der Waals surface area contributed by atoms with Gasteiger partial charge in [-0.25, -0.2) is 17.6 Å². The zero-order valence-corrected chi connectivity index (χ0v) is 10.1. The number of aromatic hydroxyl groups is 2. The molecular weight excluding hydrogens is 294 g/mol. The minimum atomic E-state index is -1.79. The first kappa shape index (κ1) is 14.6. The van der Waals surface area contributed by atoms with Gasteiger partial charge in [0.2, 0.25) is 0 Å². The summed E-state index contributed by atoms with van der Waals surface area (Å²) in [6.07, 6.45) is 0. The van der Waals surface area contributed by atoms with Gasteiger partial charge in [0, 0.05) is 6.07 Å². The molecule has 2 rings (SSSR count). The lowest BCUT2D eigenvalue weighted by Gasteiger charge is -2.10. The maximum atomic E-state index is 13.4. The smallest absolute Gasteiger partial charge is 0.259 e. The Morgan fingerprint density at radius 3 is 2.10 bits per heavy atom. The number of carbonyl (C=O) groups excluding carboxylic acids is 1. The van der Waals surface area contributed by atoms with E-state index in [-0.39, 0.29) is 6.07 Å². The molecule has 0 aliphatic heterocycles. The van der Waals surface area contributed by atoms with E-state index >= 15 is 0 Å². The number of nitrogens with one attached hydrogen (secondary N) is 1. The number of anilines is 1. The zero-order chi connectivity index (χ0) is 15.7. The molecule has 0 radical (unpaired) electrons. The van der Waals surface area contributed by atoms with Crippen molar-refractivity contribution in [2.75, 3.05) is 5.32 Å². The first-order valence-electron chi connectivity index (χ1n) is 5.47. The monoisotopic (exact) mass is 301 g/mol. The molecule has 0 saturated heterocycles. The molecule has 1 amide bonds. The maximum absolute atomic E-state index is 13.4. The molecule has 0 saturated carbocycles. The van der Waals surface area contributed by atoms with Gasteiger partial charge >= 0.3 is 0 Å². The molecule has 0 aromatic heterocycles. The van der Waals surface area contributed by atoms with E-state index in [1.54, 1.807) is 5.32 Å². The van der Waals surface area contributed by atoms with E-state index in [0.29, 0.717) is 0 Å². The van der Waals surface area contributed by atoms with Gasteiger partial charge in [-0.2, -0.15) is 0 Å². The molecule has 8 heteroatoms. The van der Waals surface area contributed by atoms with Gasteiger partial charge in [0.1, 0.15) is 17.2 Å². The van der Waals surface area contributed by atoms with Crippen LogP contribution in [0.5, 0.6) is 11.5 Å². The Kier molecular flexibility index (Phi) is 3.70. The molecule has 3 N–H and O–H groups in total. The van der Waals surface area contributed by atoms with Gasteiger partial charge in [0.25, 0.3) is 5.91 Å². The number of halogens is 4. The van der Waals surface area contributed by atoms with Crippen molar-refractivity contribution in [3.63, 3.8) is 0 Å². The summed E-state index contributed by atoms with van der Waals surface area (Å²) in [5, 5.41) is 20.2. The summed E-state index contributed by atoms with van der Waals surface area (Å²) < 4.78 is 52.8. The Morgan fingerprint density at radius 2 is 1.52 bits per heavy atom. The Morgan fingerprint density at radius 1 is 0.952 bits per heavy atom. The molecule has 0 bridgehead atoms. The highest BCUT2D eigenvalue weighted by Gasteiger charge is 2.22. The second kappa shape index (κ2) is 5.31. The van der Waals surface area contributed by atoms with Gasteiger partial charge in [-0.05, 0) is 18.2 Å². The normalized spacial score (nSPS) is 10.5. The topological polar surface area (TPSA) is 69.6 Å². The lowest BCUT2D eigenvalue weighted by atomic mass is 10.1. The third-order valence-electron chi connectivity index (χ3n) is 2.58. The van der Waals surface area contributed by atoms with E-state index in [0.717, 1.165) is 18.2 Å². The molecule has 0 aliphatic rings. The van der Waals surface area contributed by atoms with Crippen LogP contribution in [0, 0.1) is 23.3 Å². The summed E-state index contributed by atoms with van der Waals surface area (Å²) in [6, 6.07) is 2.83. The van der Waals surface area contributed by atoms with Gasteiger partial charge in [0.05, 0.1) is 5.56 Å². The Hall–Kier alpha value is -2.77. The van der Waals surface area contributed by atoms with Crippen molar-refractivity contribution in [3.05, 3.63) is 53.1 Å². The van der Waals surface area contributed by atoms with Gasteiger partial charge in [-0.3, -0.25) is 4.79 Å². The number of rotatable bonds is 2. The number of amides is 1. The highest BCUT2D eigenvalue weighted by Crippen LogP contribution is 2.27. The molecule has 110 valence electrons. The largest absolute Gasteiger partial charge is 0.508 e. The van der Waals surface area contributed by atoms with Crippen LogP contribution in [0.3, 0.4) is 0 Å². The standard InChI is InChI=1S/C13H7F4NO3/c14-7-4-8(15)11(17)12(10(7)16)18-13(21)6-3-5(19)1-2-9(6)20/h1-4,19-20H,(H,18,21). The second-order valence-electron chi connectivity index (χ2n) is 4.00. The van der Waals surface area contributed by atoms with E-state index in [4.69, 9.17) is 0 Å². The van der Waals surface area contributed by atoms with Crippen LogP contribution in [0.1, 0.15) is 10.4 Å². The summed E-state index contributed by atoms with van der Waals surface area (Å²) in [6.45, 7) is 0. The van der Waals surface area contributed by atoms with Crippen LogP contribution >= 0.6 is 0 Å². The lowest BCUT2D eigenvalue weighted by Crippen LogP contribution is -2.16. The highest BCUT2D eigenvalue weighted by molar-refractivity contribution is 6.06. The maximum Gasteiger partial charge on any atom is 0.259 e.